The van der Waals surface area contributed by atoms with Crippen molar-refractivity contribution in [2.45, 2.75) is 6.42 Å². The number of halogens is 2. The van der Waals surface area contributed by atoms with Crippen LogP contribution < -0.4 is 16.0 Å². The van der Waals surface area contributed by atoms with Crippen molar-refractivity contribution in [1.29, 1.82) is 0 Å². The maximum Gasteiger partial charge on any atom is 0.235 e. The second kappa shape index (κ2) is 12.8. The third-order valence-electron chi connectivity index (χ3n) is 3.01. The standard InChI is InChI=1S/C13H9FO2.C5H13N3O.ClH/c14-11-3-7-13(8-4-11)16-12-5-1-10(9-15)2-6-12;1-8(2)4-3-5(9)7-6;/h1-9H;3-4,6H2,1-2H3,(H,7,9);1H. The van der Waals surface area contributed by atoms with Gasteiger partial charge in [-0.15, -0.1) is 12.4 Å². The van der Waals surface area contributed by atoms with Crippen LogP contribution >= 0.6 is 12.4 Å². The fourth-order valence-corrected chi connectivity index (χ4v) is 1.65. The normalized spacial score (nSPS) is 9.42. The largest absolute Gasteiger partial charge is 0.457 e. The van der Waals surface area contributed by atoms with E-state index < -0.39 is 0 Å². The van der Waals surface area contributed by atoms with Crippen LogP contribution in [0, 0.1) is 5.82 Å². The van der Waals surface area contributed by atoms with Crippen molar-refractivity contribution in [1.82, 2.24) is 10.3 Å². The average molecular weight is 384 g/mol. The molecule has 0 saturated carbocycles. The quantitative estimate of drug-likeness (QED) is 0.347. The molecule has 0 bridgehead atoms. The molecule has 0 atom stereocenters. The summed E-state index contributed by atoms with van der Waals surface area (Å²) in [6.45, 7) is 0.739. The molecule has 142 valence electrons. The molecule has 0 aromatic heterocycles. The van der Waals surface area contributed by atoms with Crippen molar-refractivity contribution in [2.75, 3.05) is 20.6 Å². The van der Waals surface area contributed by atoms with E-state index in [1.807, 2.05) is 19.0 Å². The molecule has 0 unspecified atom stereocenters. The summed E-state index contributed by atoms with van der Waals surface area (Å²) in [6, 6.07) is 12.4. The van der Waals surface area contributed by atoms with Gasteiger partial charge in [0, 0.05) is 18.5 Å². The van der Waals surface area contributed by atoms with Gasteiger partial charge in [-0.2, -0.15) is 0 Å². The molecule has 0 aliphatic carbocycles. The highest BCUT2D eigenvalue weighted by molar-refractivity contribution is 5.85. The van der Waals surface area contributed by atoms with Gasteiger partial charge in [0.1, 0.15) is 23.6 Å². The maximum atomic E-state index is 12.6. The molecule has 2 aromatic rings. The number of aldehydes is 1. The van der Waals surface area contributed by atoms with Gasteiger partial charge in [0.25, 0.3) is 0 Å². The molecule has 0 heterocycles. The molecule has 26 heavy (non-hydrogen) atoms. The zero-order chi connectivity index (χ0) is 18.7. The molecule has 0 aliphatic rings. The third-order valence-corrected chi connectivity index (χ3v) is 3.01. The summed E-state index contributed by atoms with van der Waals surface area (Å²) in [6.07, 6.45) is 1.23. The van der Waals surface area contributed by atoms with Crippen LogP contribution in [0.3, 0.4) is 0 Å². The molecule has 1 amide bonds. The summed E-state index contributed by atoms with van der Waals surface area (Å²) in [4.78, 5) is 22.8. The zero-order valence-corrected chi connectivity index (χ0v) is 15.5. The van der Waals surface area contributed by atoms with Crippen molar-refractivity contribution in [2.24, 2.45) is 5.84 Å². The fraction of sp³-hybridized carbons (Fsp3) is 0.222. The van der Waals surface area contributed by atoms with Gasteiger partial charge in [-0.25, -0.2) is 10.2 Å². The van der Waals surface area contributed by atoms with E-state index in [0.29, 0.717) is 23.5 Å². The van der Waals surface area contributed by atoms with Gasteiger partial charge in [0.15, 0.2) is 0 Å². The Balaban J connectivity index is 0.000000543. The van der Waals surface area contributed by atoms with Crippen molar-refractivity contribution in [3.05, 3.63) is 59.9 Å². The van der Waals surface area contributed by atoms with Gasteiger partial charge >= 0.3 is 0 Å². The summed E-state index contributed by atoms with van der Waals surface area (Å²) in [5, 5.41) is 0. The van der Waals surface area contributed by atoms with E-state index in [1.54, 1.807) is 36.4 Å². The number of ether oxygens (including phenoxy) is 1. The van der Waals surface area contributed by atoms with E-state index in [-0.39, 0.29) is 24.1 Å². The first-order chi connectivity index (χ1) is 11.9. The number of benzene rings is 2. The van der Waals surface area contributed by atoms with Gasteiger partial charge in [0.05, 0.1) is 0 Å². The van der Waals surface area contributed by atoms with Crippen LogP contribution in [0.2, 0.25) is 0 Å². The number of rotatable bonds is 6. The minimum atomic E-state index is -0.302. The first-order valence-corrected chi connectivity index (χ1v) is 7.57. The number of carbonyl (C=O) groups excluding carboxylic acids is 2. The summed E-state index contributed by atoms with van der Waals surface area (Å²) in [5.74, 6) is 5.58. The number of amides is 1. The van der Waals surface area contributed by atoms with E-state index in [9.17, 15) is 14.0 Å². The molecular weight excluding hydrogens is 361 g/mol. The van der Waals surface area contributed by atoms with Gasteiger partial charge in [-0.3, -0.25) is 15.0 Å². The highest BCUT2D eigenvalue weighted by Gasteiger charge is 1.98. The lowest BCUT2D eigenvalue weighted by molar-refractivity contribution is -0.121. The fourth-order valence-electron chi connectivity index (χ4n) is 1.65. The number of nitrogens with one attached hydrogen (secondary N) is 1. The summed E-state index contributed by atoms with van der Waals surface area (Å²) >= 11 is 0. The second-order valence-corrected chi connectivity index (χ2v) is 5.36. The molecular formula is C18H23ClFN3O3. The second-order valence-electron chi connectivity index (χ2n) is 5.36. The number of nitrogens with zero attached hydrogens (tertiary/aromatic N) is 1. The highest BCUT2D eigenvalue weighted by Crippen LogP contribution is 2.21. The number of hydrogen-bond acceptors (Lipinski definition) is 5. The number of carbonyl (C=O) groups is 2. The SMILES string of the molecule is CN(C)CCC(=O)NN.Cl.O=Cc1ccc(Oc2ccc(F)cc2)cc1. The highest BCUT2D eigenvalue weighted by atomic mass is 35.5. The van der Waals surface area contributed by atoms with Crippen LogP contribution in [0.5, 0.6) is 11.5 Å². The Labute approximate surface area is 158 Å². The van der Waals surface area contributed by atoms with Crippen LogP contribution in [0.4, 0.5) is 4.39 Å². The monoisotopic (exact) mass is 383 g/mol. The Bertz CT molecular complexity index is 664. The van der Waals surface area contributed by atoms with Crippen LogP contribution in [0.25, 0.3) is 0 Å². The molecule has 3 N–H and O–H groups in total. The van der Waals surface area contributed by atoms with Gasteiger partial charge in [-0.05, 0) is 62.6 Å². The molecule has 6 nitrogen and oxygen atoms in total. The predicted molar refractivity (Wildman–Crippen MR) is 101 cm³/mol. The maximum absolute atomic E-state index is 12.6. The molecule has 0 radical (unpaired) electrons. The summed E-state index contributed by atoms with van der Waals surface area (Å²) in [5.41, 5.74) is 2.64. The van der Waals surface area contributed by atoms with Crippen molar-refractivity contribution in [3.8, 4) is 11.5 Å². The van der Waals surface area contributed by atoms with Crippen molar-refractivity contribution >= 4 is 24.6 Å². The van der Waals surface area contributed by atoms with E-state index in [2.05, 4.69) is 5.43 Å². The number of nitrogens with two attached hydrogens (primary N) is 1. The van der Waals surface area contributed by atoms with E-state index in [0.717, 1.165) is 12.8 Å². The van der Waals surface area contributed by atoms with Crippen LogP contribution in [-0.2, 0) is 4.79 Å². The smallest absolute Gasteiger partial charge is 0.235 e. The number of hydrazine groups is 1. The minimum Gasteiger partial charge on any atom is -0.457 e. The van der Waals surface area contributed by atoms with Crippen LogP contribution in [0.15, 0.2) is 48.5 Å². The molecule has 8 heteroatoms. The topological polar surface area (TPSA) is 84.7 Å². The lowest BCUT2D eigenvalue weighted by Gasteiger charge is -2.06. The van der Waals surface area contributed by atoms with E-state index in [4.69, 9.17) is 10.6 Å². The Hall–Kier alpha value is -2.48. The van der Waals surface area contributed by atoms with E-state index >= 15 is 0 Å². The molecule has 0 fully saturated rings. The number of hydrogen-bond donors (Lipinski definition) is 2. The van der Waals surface area contributed by atoms with Gasteiger partial charge in [0.2, 0.25) is 5.91 Å². The Kier molecular flexibility index (Phi) is 11.6. The van der Waals surface area contributed by atoms with Gasteiger partial charge < -0.3 is 9.64 Å². The lowest BCUT2D eigenvalue weighted by Crippen LogP contribution is -2.32. The molecule has 0 spiro atoms. The first kappa shape index (κ1) is 23.5. The van der Waals surface area contributed by atoms with E-state index in [1.165, 1.54) is 12.1 Å². The molecule has 0 saturated heterocycles. The summed E-state index contributed by atoms with van der Waals surface area (Å²) < 4.78 is 18.1. The average Bonchev–Trinajstić information content (AvgIpc) is 2.62. The van der Waals surface area contributed by atoms with Gasteiger partial charge in [-0.1, -0.05) is 0 Å². The molecule has 2 aromatic carbocycles. The Morgan fingerprint density at radius 2 is 1.62 bits per heavy atom. The lowest BCUT2D eigenvalue weighted by atomic mass is 10.2. The van der Waals surface area contributed by atoms with Crippen LogP contribution in [0.1, 0.15) is 16.8 Å². The molecule has 2 rings (SSSR count). The minimum absolute atomic E-state index is 0. The van der Waals surface area contributed by atoms with Crippen LogP contribution in [-0.4, -0.2) is 37.7 Å². The zero-order valence-electron chi connectivity index (χ0n) is 14.6. The third kappa shape index (κ3) is 9.73. The van der Waals surface area contributed by atoms with Crippen molar-refractivity contribution < 1.29 is 18.7 Å². The molecule has 0 aliphatic heterocycles. The summed E-state index contributed by atoms with van der Waals surface area (Å²) in [7, 11) is 3.81. The first-order valence-electron chi connectivity index (χ1n) is 7.57. The Morgan fingerprint density at radius 1 is 1.12 bits per heavy atom. The Morgan fingerprint density at radius 3 is 2.04 bits per heavy atom. The van der Waals surface area contributed by atoms with Crippen molar-refractivity contribution in [3.63, 3.8) is 0 Å². The predicted octanol–water partition coefficient (Wildman–Crippen LogP) is 2.78.